The Hall–Kier alpha value is -2.06. The van der Waals surface area contributed by atoms with Crippen molar-refractivity contribution in [3.8, 4) is 6.07 Å². The molecule has 0 radical (unpaired) electrons. The topological polar surface area (TPSA) is 59.4 Å². The Bertz CT molecular complexity index is 742. The van der Waals surface area contributed by atoms with Crippen molar-refractivity contribution >= 4 is 11.6 Å². The van der Waals surface area contributed by atoms with E-state index in [1.807, 2.05) is 24.3 Å². The second kappa shape index (κ2) is 8.53. The summed E-state index contributed by atoms with van der Waals surface area (Å²) in [6, 6.07) is 10.4. The Labute approximate surface area is 168 Å². The van der Waals surface area contributed by atoms with E-state index in [4.69, 9.17) is 0 Å². The molecule has 0 spiro atoms. The number of fused-ring (bicyclic) bond motifs is 2. The Kier molecular flexibility index (Phi) is 5.87. The highest BCUT2D eigenvalue weighted by molar-refractivity contribution is 5.78. The van der Waals surface area contributed by atoms with Gasteiger partial charge in [0, 0.05) is 32.2 Å². The largest absolute Gasteiger partial charge is 0.369 e. The third-order valence-corrected chi connectivity index (χ3v) is 7.14. The Morgan fingerprint density at radius 2 is 2.07 bits per heavy atom. The first-order valence-corrected chi connectivity index (χ1v) is 10.9. The second-order valence-electron chi connectivity index (χ2n) is 8.94. The Balaban J connectivity index is 1.27. The number of carbonyl (C=O) groups is 1. The molecular weight excluding hydrogens is 348 g/mol. The first-order chi connectivity index (χ1) is 13.6. The second-order valence-corrected chi connectivity index (χ2v) is 8.94. The Morgan fingerprint density at radius 1 is 1.21 bits per heavy atom. The summed E-state index contributed by atoms with van der Waals surface area (Å²) in [6.07, 6.45) is 6.47. The number of anilines is 1. The maximum absolute atomic E-state index is 12.6. The van der Waals surface area contributed by atoms with Gasteiger partial charge < -0.3 is 10.2 Å². The van der Waals surface area contributed by atoms with Crippen molar-refractivity contribution in [1.29, 1.82) is 5.26 Å². The summed E-state index contributed by atoms with van der Waals surface area (Å²) in [5.41, 5.74) is 1.74. The lowest BCUT2D eigenvalue weighted by atomic mass is 9.84. The highest BCUT2D eigenvalue weighted by Crippen LogP contribution is 2.49. The van der Waals surface area contributed by atoms with Crippen molar-refractivity contribution < 1.29 is 4.79 Å². The normalized spacial score (nSPS) is 28.6. The molecule has 0 aromatic heterocycles. The summed E-state index contributed by atoms with van der Waals surface area (Å²) in [4.78, 5) is 17.2. The third kappa shape index (κ3) is 4.17. The van der Waals surface area contributed by atoms with Crippen LogP contribution in [0.4, 0.5) is 5.69 Å². The summed E-state index contributed by atoms with van der Waals surface area (Å²) >= 11 is 0. The van der Waals surface area contributed by atoms with Crippen LogP contribution in [-0.4, -0.2) is 49.6 Å². The van der Waals surface area contributed by atoms with Gasteiger partial charge in [0.1, 0.15) is 6.07 Å². The molecule has 1 aliphatic heterocycles. The van der Waals surface area contributed by atoms with Gasteiger partial charge >= 0.3 is 0 Å². The van der Waals surface area contributed by atoms with Crippen molar-refractivity contribution in [2.45, 2.75) is 45.1 Å². The molecule has 1 aromatic rings. The van der Waals surface area contributed by atoms with Crippen LogP contribution in [0.15, 0.2) is 24.3 Å². The van der Waals surface area contributed by atoms with E-state index in [1.165, 1.54) is 25.7 Å². The van der Waals surface area contributed by atoms with Crippen LogP contribution in [0.1, 0.15) is 44.6 Å². The van der Waals surface area contributed by atoms with Gasteiger partial charge in [-0.15, -0.1) is 0 Å². The lowest BCUT2D eigenvalue weighted by Crippen LogP contribution is -2.45. The number of para-hydroxylation sites is 1. The molecule has 28 heavy (non-hydrogen) atoms. The molecular formula is C23H32N4O. The summed E-state index contributed by atoms with van der Waals surface area (Å²) in [5.74, 6) is 2.61. The number of nitrogens with one attached hydrogen (secondary N) is 1. The molecule has 3 fully saturated rings. The average Bonchev–Trinajstić information content (AvgIpc) is 3.26. The van der Waals surface area contributed by atoms with Crippen LogP contribution in [-0.2, 0) is 4.79 Å². The van der Waals surface area contributed by atoms with Gasteiger partial charge in [-0.2, -0.15) is 5.26 Å². The van der Waals surface area contributed by atoms with E-state index in [0.717, 1.165) is 55.7 Å². The minimum Gasteiger partial charge on any atom is -0.369 e. The standard InChI is InChI=1S/C23H32N4O/c1-17(21-14-18-7-8-19(21)13-18)25-23(28)16-26-9-4-10-27(12-11-26)22-6-3-2-5-20(22)15-24/h2-3,5-6,17-19,21H,4,7-14,16H2,1H3,(H,25,28)/t17-,18-,19-,21-/m0/s1. The van der Waals surface area contributed by atoms with Gasteiger partial charge in [0.25, 0.3) is 0 Å². The van der Waals surface area contributed by atoms with E-state index in [9.17, 15) is 10.1 Å². The molecule has 3 aliphatic rings. The highest BCUT2D eigenvalue weighted by Gasteiger charge is 2.42. The number of hydrogen-bond donors (Lipinski definition) is 1. The molecule has 1 aromatic carbocycles. The molecule has 4 rings (SSSR count). The maximum atomic E-state index is 12.6. The summed E-state index contributed by atoms with van der Waals surface area (Å²) in [5, 5.41) is 12.7. The van der Waals surface area contributed by atoms with Crippen LogP contribution < -0.4 is 10.2 Å². The molecule has 1 N–H and O–H groups in total. The predicted octanol–water partition coefficient (Wildman–Crippen LogP) is 3.01. The summed E-state index contributed by atoms with van der Waals surface area (Å²) in [7, 11) is 0. The molecule has 4 atom stereocenters. The van der Waals surface area contributed by atoms with Gasteiger partial charge in [-0.1, -0.05) is 18.6 Å². The zero-order chi connectivity index (χ0) is 19.5. The molecule has 5 nitrogen and oxygen atoms in total. The lowest BCUT2D eigenvalue weighted by molar-refractivity contribution is -0.123. The van der Waals surface area contributed by atoms with Crippen molar-refractivity contribution in [3.05, 3.63) is 29.8 Å². The number of hydrogen-bond acceptors (Lipinski definition) is 4. The minimum absolute atomic E-state index is 0.168. The zero-order valence-electron chi connectivity index (χ0n) is 16.9. The summed E-state index contributed by atoms with van der Waals surface area (Å²) < 4.78 is 0. The number of rotatable bonds is 5. The van der Waals surface area contributed by atoms with Gasteiger partial charge in [0.05, 0.1) is 17.8 Å². The van der Waals surface area contributed by atoms with Crippen LogP contribution in [0.5, 0.6) is 0 Å². The quantitative estimate of drug-likeness (QED) is 0.853. The molecule has 1 heterocycles. The fourth-order valence-corrected chi connectivity index (χ4v) is 5.73. The average molecular weight is 381 g/mol. The third-order valence-electron chi connectivity index (χ3n) is 7.14. The van der Waals surface area contributed by atoms with Crippen LogP contribution in [0, 0.1) is 29.1 Å². The smallest absolute Gasteiger partial charge is 0.234 e. The molecule has 0 unspecified atom stereocenters. The first kappa shape index (κ1) is 19.3. The fraction of sp³-hybridized carbons (Fsp3) is 0.652. The van der Waals surface area contributed by atoms with Crippen molar-refractivity contribution in [1.82, 2.24) is 10.2 Å². The van der Waals surface area contributed by atoms with Gasteiger partial charge in [-0.25, -0.2) is 0 Å². The van der Waals surface area contributed by atoms with Crippen molar-refractivity contribution in [2.24, 2.45) is 17.8 Å². The van der Waals surface area contributed by atoms with E-state index >= 15 is 0 Å². The molecule has 2 aliphatic carbocycles. The summed E-state index contributed by atoms with van der Waals surface area (Å²) in [6.45, 7) is 6.26. The van der Waals surface area contributed by atoms with Crippen LogP contribution in [0.25, 0.3) is 0 Å². The van der Waals surface area contributed by atoms with Crippen molar-refractivity contribution in [3.63, 3.8) is 0 Å². The molecule has 2 bridgehead atoms. The number of benzene rings is 1. The number of nitrogens with zero attached hydrogens (tertiary/aromatic N) is 3. The molecule has 1 saturated heterocycles. The van der Waals surface area contributed by atoms with Gasteiger partial charge in [-0.05, 0) is 62.5 Å². The van der Waals surface area contributed by atoms with E-state index in [0.29, 0.717) is 18.5 Å². The SMILES string of the molecule is C[C@H](NC(=O)CN1CCCN(c2ccccc2C#N)CC1)[C@@H]1C[C@H]2CC[C@H]1C2. The van der Waals surface area contributed by atoms with Gasteiger partial charge in [0.15, 0.2) is 0 Å². The van der Waals surface area contributed by atoms with Crippen molar-refractivity contribution in [2.75, 3.05) is 37.6 Å². The first-order valence-electron chi connectivity index (χ1n) is 10.9. The number of carbonyl (C=O) groups excluding carboxylic acids is 1. The fourth-order valence-electron chi connectivity index (χ4n) is 5.73. The van der Waals surface area contributed by atoms with Crippen LogP contribution >= 0.6 is 0 Å². The molecule has 5 heteroatoms. The van der Waals surface area contributed by atoms with Gasteiger partial charge in [-0.3, -0.25) is 9.69 Å². The van der Waals surface area contributed by atoms with E-state index in [2.05, 4.69) is 28.1 Å². The van der Waals surface area contributed by atoms with Gasteiger partial charge in [0.2, 0.25) is 5.91 Å². The minimum atomic E-state index is 0.168. The monoisotopic (exact) mass is 380 g/mol. The molecule has 150 valence electrons. The number of nitriles is 1. The highest BCUT2D eigenvalue weighted by atomic mass is 16.2. The zero-order valence-corrected chi connectivity index (χ0v) is 16.9. The maximum Gasteiger partial charge on any atom is 0.234 e. The van der Waals surface area contributed by atoms with Crippen LogP contribution in [0.2, 0.25) is 0 Å². The Morgan fingerprint density at radius 3 is 2.82 bits per heavy atom. The van der Waals surface area contributed by atoms with E-state index < -0.39 is 0 Å². The molecule has 2 saturated carbocycles. The number of amides is 1. The van der Waals surface area contributed by atoms with Crippen LogP contribution in [0.3, 0.4) is 0 Å². The predicted molar refractivity (Wildman–Crippen MR) is 111 cm³/mol. The molecule has 1 amide bonds. The lowest BCUT2D eigenvalue weighted by Gasteiger charge is -2.29. The van der Waals surface area contributed by atoms with E-state index in [1.54, 1.807) is 0 Å². The van der Waals surface area contributed by atoms with E-state index in [-0.39, 0.29) is 5.91 Å².